The van der Waals surface area contributed by atoms with Crippen molar-refractivity contribution in [3.8, 4) is 0 Å². The second-order valence-electron chi connectivity index (χ2n) is 5.29. The molecule has 0 amide bonds. The second kappa shape index (κ2) is 5.99. The van der Waals surface area contributed by atoms with Crippen LogP contribution in [-0.4, -0.2) is 44.4 Å². The molecule has 0 aromatic heterocycles. The minimum atomic E-state index is -0.203. The van der Waals surface area contributed by atoms with E-state index in [-0.39, 0.29) is 17.9 Å². The van der Waals surface area contributed by atoms with Crippen LogP contribution in [0.25, 0.3) is 0 Å². The predicted molar refractivity (Wildman–Crippen MR) is 68.0 cm³/mol. The summed E-state index contributed by atoms with van der Waals surface area (Å²) in [6.45, 7) is 2.87. The van der Waals surface area contributed by atoms with Crippen LogP contribution in [0.3, 0.4) is 0 Å². The van der Waals surface area contributed by atoms with E-state index >= 15 is 0 Å². The van der Waals surface area contributed by atoms with Crippen LogP contribution >= 0.6 is 0 Å². The van der Waals surface area contributed by atoms with Gasteiger partial charge in [0.25, 0.3) is 0 Å². The molecule has 1 aliphatic heterocycles. The molecule has 2 rings (SSSR count). The Hall–Kier alpha value is -0.650. The van der Waals surface area contributed by atoms with E-state index in [1.165, 1.54) is 0 Å². The van der Waals surface area contributed by atoms with Crippen molar-refractivity contribution >= 4 is 5.97 Å². The molecule has 0 spiro atoms. The molecule has 1 aliphatic carbocycles. The van der Waals surface area contributed by atoms with Gasteiger partial charge in [0.2, 0.25) is 0 Å². The standard InChI is InChI=1S/C13H24N2O3/c1-3-18-13(16)10-7-15-11-6-8(17-2)4-5-9(11)12(10)14/h8-12,15H,3-7,14H2,1-2H3. The first-order valence-electron chi connectivity index (χ1n) is 6.85. The predicted octanol–water partition coefficient (Wildman–Crippen LogP) is 0.280. The summed E-state index contributed by atoms with van der Waals surface area (Å²) >= 11 is 0. The Kier molecular flexibility index (Phi) is 4.59. The van der Waals surface area contributed by atoms with Gasteiger partial charge in [-0.2, -0.15) is 0 Å². The third-order valence-corrected chi connectivity index (χ3v) is 4.34. The summed E-state index contributed by atoms with van der Waals surface area (Å²) in [4.78, 5) is 11.8. The Morgan fingerprint density at radius 3 is 2.89 bits per heavy atom. The molecule has 0 aromatic rings. The van der Waals surface area contributed by atoms with Crippen molar-refractivity contribution < 1.29 is 14.3 Å². The van der Waals surface area contributed by atoms with Crippen LogP contribution in [0.5, 0.6) is 0 Å². The van der Waals surface area contributed by atoms with Crippen molar-refractivity contribution in [2.45, 2.75) is 44.4 Å². The molecule has 18 heavy (non-hydrogen) atoms. The Labute approximate surface area is 108 Å². The monoisotopic (exact) mass is 256 g/mol. The molecule has 5 atom stereocenters. The molecular formula is C13H24N2O3. The van der Waals surface area contributed by atoms with Gasteiger partial charge in [0.1, 0.15) is 0 Å². The highest BCUT2D eigenvalue weighted by Gasteiger charge is 2.43. The van der Waals surface area contributed by atoms with E-state index in [2.05, 4.69) is 5.32 Å². The molecule has 104 valence electrons. The lowest BCUT2D eigenvalue weighted by atomic mass is 9.72. The topological polar surface area (TPSA) is 73.6 Å². The van der Waals surface area contributed by atoms with Gasteiger partial charge >= 0.3 is 5.97 Å². The molecule has 5 unspecified atom stereocenters. The summed E-state index contributed by atoms with van der Waals surface area (Å²) in [5, 5.41) is 3.44. The molecule has 1 saturated carbocycles. The molecular weight excluding hydrogens is 232 g/mol. The molecule has 2 fully saturated rings. The normalized spacial score (nSPS) is 40.1. The highest BCUT2D eigenvalue weighted by atomic mass is 16.5. The number of esters is 1. The summed E-state index contributed by atoms with van der Waals surface area (Å²) in [6.07, 6.45) is 3.37. The molecule has 1 saturated heterocycles. The first-order chi connectivity index (χ1) is 8.67. The van der Waals surface area contributed by atoms with Crippen LogP contribution in [0.15, 0.2) is 0 Å². The maximum atomic E-state index is 11.8. The molecule has 0 bridgehead atoms. The molecule has 5 nitrogen and oxygen atoms in total. The Morgan fingerprint density at radius 1 is 1.44 bits per heavy atom. The Bertz CT molecular complexity index is 298. The van der Waals surface area contributed by atoms with Gasteiger partial charge in [0.05, 0.1) is 18.6 Å². The smallest absolute Gasteiger partial charge is 0.311 e. The van der Waals surface area contributed by atoms with E-state index in [0.717, 1.165) is 19.3 Å². The summed E-state index contributed by atoms with van der Waals surface area (Å²) < 4.78 is 10.5. The minimum Gasteiger partial charge on any atom is -0.466 e. The van der Waals surface area contributed by atoms with Crippen molar-refractivity contribution in [3.05, 3.63) is 0 Å². The van der Waals surface area contributed by atoms with Gasteiger partial charge in [-0.25, -0.2) is 0 Å². The third-order valence-electron chi connectivity index (χ3n) is 4.34. The highest BCUT2D eigenvalue weighted by molar-refractivity contribution is 5.73. The van der Waals surface area contributed by atoms with Gasteiger partial charge in [0, 0.05) is 25.7 Å². The third kappa shape index (κ3) is 2.68. The summed E-state index contributed by atoms with van der Waals surface area (Å²) in [5.41, 5.74) is 6.27. The van der Waals surface area contributed by atoms with E-state index in [4.69, 9.17) is 15.2 Å². The number of carbonyl (C=O) groups excluding carboxylic acids is 1. The lowest BCUT2D eigenvalue weighted by Crippen LogP contribution is -2.61. The van der Waals surface area contributed by atoms with Crippen LogP contribution in [0.4, 0.5) is 0 Å². The number of rotatable bonds is 3. The first kappa shape index (κ1) is 13.8. The zero-order valence-electron chi connectivity index (χ0n) is 11.2. The van der Waals surface area contributed by atoms with Crippen molar-refractivity contribution in [2.75, 3.05) is 20.3 Å². The minimum absolute atomic E-state index is 0.0897. The summed E-state index contributed by atoms with van der Waals surface area (Å²) in [5.74, 6) is -0.00494. The van der Waals surface area contributed by atoms with E-state index in [9.17, 15) is 4.79 Å². The number of piperidine rings is 1. The summed E-state index contributed by atoms with van der Waals surface area (Å²) in [6, 6.07) is 0.289. The van der Waals surface area contributed by atoms with Gasteiger partial charge in [-0.3, -0.25) is 4.79 Å². The average molecular weight is 256 g/mol. The number of ether oxygens (including phenoxy) is 2. The number of hydrogen-bond donors (Lipinski definition) is 2. The number of fused-ring (bicyclic) bond motifs is 1. The van der Waals surface area contributed by atoms with Crippen molar-refractivity contribution in [1.82, 2.24) is 5.32 Å². The fraction of sp³-hybridized carbons (Fsp3) is 0.923. The zero-order valence-corrected chi connectivity index (χ0v) is 11.2. The van der Waals surface area contributed by atoms with Crippen molar-refractivity contribution in [3.63, 3.8) is 0 Å². The summed E-state index contributed by atoms with van der Waals surface area (Å²) in [7, 11) is 1.76. The van der Waals surface area contributed by atoms with Crippen LogP contribution in [0.2, 0.25) is 0 Å². The fourth-order valence-electron chi connectivity index (χ4n) is 3.27. The van der Waals surface area contributed by atoms with Crippen LogP contribution in [0, 0.1) is 11.8 Å². The van der Waals surface area contributed by atoms with Crippen LogP contribution in [-0.2, 0) is 14.3 Å². The van der Waals surface area contributed by atoms with Gasteiger partial charge in [-0.15, -0.1) is 0 Å². The van der Waals surface area contributed by atoms with E-state index < -0.39 is 0 Å². The van der Waals surface area contributed by atoms with Crippen molar-refractivity contribution in [1.29, 1.82) is 0 Å². The van der Waals surface area contributed by atoms with Gasteiger partial charge in [0.15, 0.2) is 0 Å². The SMILES string of the molecule is CCOC(=O)C1CNC2CC(OC)CCC2C1N. The lowest BCUT2D eigenvalue weighted by molar-refractivity contribution is -0.150. The number of nitrogens with one attached hydrogen (secondary N) is 1. The number of carbonyl (C=O) groups is 1. The maximum Gasteiger partial charge on any atom is 0.311 e. The fourth-order valence-corrected chi connectivity index (χ4v) is 3.27. The van der Waals surface area contributed by atoms with Gasteiger partial charge < -0.3 is 20.5 Å². The van der Waals surface area contributed by atoms with Gasteiger partial charge in [-0.1, -0.05) is 0 Å². The zero-order chi connectivity index (χ0) is 13.1. The first-order valence-corrected chi connectivity index (χ1v) is 6.85. The molecule has 3 N–H and O–H groups in total. The maximum absolute atomic E-state index is 11.8. The second-order valence-corrected chi connectivity index (χ2v) is 5.29. The number of methoxy groups -OCH3 is 1. The average Bonchev–Trinajstić information content (AvgIpc) is 2.38. The van der Waals surface area contributed by atoms with E-state index in [1.807, 2.05) is 6.92 Å². The van der Waals surface area contributed by atoms with E-state index in [0.29, 0.717) is 31.2 Å². The van der Waals surface area contributed by atoms with Gasteiger partial charge in [-0.05, 0) is 32.1 Å². The highest BCUT2D eigenvalue weighted by Crippen LogP contribution is 2.33. The molecule has 0 radical (unpaired) electrons. The largest absolute Gasteiger partial charge is 0.466 e. The molecule has 1 heterocycles. The Morgan fingerprint density at radius 2 is 2.22 bits per heavy atom. The quantitative estimate of drug-likeness (QED) is 0.710. The molecule has 5 heteroatoms. The lowest BCUT2D eigenvalue weighted by Gasteiger charge is -2.45. The van der Waals surface area contributed by atoms with Crippen LogP contribution in [0.1, 0.15) is 26.2 Å². The number of hydrogen-bond acceptors (Lipinski definition) is 5. The van der Waals surface area contributed by atoms with Crippen molar-refractivity contribution in [2.24, 2.45) is 17.6 Å². The number of nitrogens with two attached hydrogens (primary N) is 1. The van der Waals surface area contributed by atoms with Crippen LogP contribution < -0.4 is 11.1 Å². The van der Waals surface area contributed by atoms with E-state index in [1.54, 1.807) is 7.11 Å². The Balaban J connectivity index is 1.97. The molecule has 2 aliphatic rings. The molecule has 0 aromatic carbocycles.